The standard InChI is InChI=1S/C17H28N2O2/c1-13(15(18)14-8-6-5-7-9-14)16(20)19-12-17(2,3)10-11-21-4/h5-9,13,15H,10-12,18H2,1-4H3,(H,19,20). The van der Waals surface area contributed by atoms with Gasteiger partial charge in [-0.05, 0) is 17.4 Å². The number of benzene rings is 1. The van der Waals surface area contributed by atoms with Crippen LogP contribution in [0.1, 0.15) is 38.8 Å². The van der Waals surface area contributed by atoms with Crippen molar-refractivity contribution in [2.24, 2.45) is 17.1 Å². The van der Waals surface area contributed by atoms with Crippen LogP contribution in [-0.4, -0.2) is 26.2 Å². The van der Waals surface area contributed by atoms with E-state index in [9.17, 15) is 4.79 Å². The predicted octanol–water partition coefficient (Wildman–Crippen LogP) is 2.50. The summed E-state index contributed by atoms with van der Waals surface area (Å²) >= 11 is 0. The zero-order valence-corrected chi connectivity index (χ0v) is 13.6. The van der Waals surface area contributed by atoms with E-state index in [0.29, 0.717) is 13.2 Å². The summed E-state index contributed by atoms with van der Waals surface area (Å²) in [5.74, 6) is -0.262. The Hall–Kier alpha value is -1.39. The van der Waals surface area contributed by atoms with Crippen LogP contribution in [0.2, 0.25) is 0 Å². The summed E-state index contributed by atoms with van der Waals surface area (Å²) in [4.78, 5) is 12.3. The largest absolute Gasteiger partial charge is 0.385 e. The Bertz CT molecular complexity index is 432. The second kappa shape index (κ2) is 8.15. The Balaban J connectivity index is 2.51. The molecule has 3 N–H and O–H groups in total. The topological polar surface area (TPSA) is 64.3 Å². The first-order valence-corrected chi connectivity index (χ1v) is 7.44. The molecule has 0 heterocycles. The minimum absolute atomic E-state index is 0.00292. The van der Waals surface area contributed by atoms with Gasteiger partial charge >= 0.3 is 0 Å². The van der Waals surface area contributed by atoms with Crippen molar-refractivity contribution in [3.63, 3.8) is 0 Å². The van der Waals surface area contributed by atoms with E-state index in [0.717, 1.165) is 12.0 Å². The van der Waals surface area contributed by atoms with Crippen LogP contribution >= 0.6 is 0 Å². The maximum atomic E-state index is 12.3. The lowest BCUT2D eigenvalue weighted by molar-refractivity contribution is -0.125. The smallest absolute Gasteiger partial charge is 0.224 e. The van der Waals surface area contributed by atoms with Gasteiger partial charge in [0.15, 0.2) is 0 Å². The van der Waals surface area contributed by atoms with Crippen LogP contribution in [0.5, 0.6) is 0 Å². The number of amides is 1. The van der Waals surface area contributed by atoms with Crippen LogP contribution in [0.25, 0.3) is 0 Å². The summed E-state index contributed by atoms with van der Waals surface area (Å²) in [5.41, 5.74) is 7.18. The molecule has 0 spiro atoms. The minimum atomic E-state index is -0.284. The van der Waals surface area contributed by atoms with Gasteiger partial charge in [-0.25, -0.2) is 0 Å². The molecule has 1 aromatic carbocycles. The van der Waals surface area contributed by atoms with Crippen molar-refractivity contribution in [3.05, 3.63) is 35.9 Å². The number of carbonyl (C=O) groups excluding carboxylic acids is 1. The molecule has 0 fully saturated rings. The molecule has 0 saturated heterocycles. The number of nitrogens with one attached hydrogen (secondary N) is 1. The van der Waals surface area contributed by atoms with E-state index in [4.69, 9.17) is 10.5 Å². The van der Waals surface area contributed by atoms with Crippen LogP contribution in [-0.2, 0) is 9.53 Å². The number of methoxy groups -OCH3 is 1. The van der Waals surface area contributed by atoms with E-state index in [-0.39, 0.29) is 23.3 Å². The van der Waals surface area contributed by atoms with Gasteiger partial charge in [0.1, 0.15) is 0 Å². The molecule has 21 heavy (non-hydrogen) atoms. The van der Waals surface area contributed by atoms with E-state index in [2.05, 4.69) is 19.2 Å². The van der Waals surface area contributed by atoms with Crippen LogP contribution in [0.4, 0.5) is 0 Å². The summed E-state index contributed by atoms with van der Waals surface area (Å²) in [6.45, 7) is 7.43. The minimum Gasteiger partial charge on any atom is -0.385 e. The normalized spacial score (nSPS) is 14.5. The van der Waals surface area contributed by atoms with E-state index >= 15 is 0 Å². The maximum absolute atomic E-state index is 12.3. The first-order chi connectivity index (χ1) is 9.87. The maximum Gasteiger partial charge on any atom is 0.224 e. The lowest BCUT2D eigenvalue weighted by Crippen LogP contribution is -2.40. The van der Waals surface area contributed by atoms with Crippen molar-refractivity contribution >= 4 is 5.91 Å². The summed E-state index contributed by atoms with van der Waals surface area (Å²) in [6.07, 6.45) is 0.906. The molecule has 0 saturated carbocycles. The second-order valence-electron chi connectivity index (χ2n) is 6.35. The zero-order chi connectivity index (χ0) is 15.9. The van der Waals surface area contributed by atoms with E-state index in [1.807, 2.05) is 37.3 Å². The Labute approximate surface area is 128 Å². The van der Waals surface area contributed by atoms with Gasteiger partial charge < -0.3 is 15.8 Å². The quantitative estimate of drug-likeness (QED) is 0.774. The Morgan fingerprint density at radius 2 is 1.95 bits per heavy atom. The zero-order valence-electron chi connectivity index (χ0n) is 13.6. The van der Waals surface area contributed by atoms with Gasteiger partial charge in [-0.3, -0.25) is 4.79 Å². The monoisotopic (exact) mass is 292 g/mol. The Kier molecular flexibility index (Phi) is 6.85. The number of hydrogen-bond acceptors (Lipinski definition) is 3. The fourth-order valence-corrected chi connectivity index (χ4v) is 2.08. The molecule has 2 unspecified atom stereocenters. The van der Waals surface area contributed by atoms with Gasteiger partial charge in [0.25, 0.3) is 0 Å². The lowest BCUT2D eigenvalue weighted by atomic mass is 9.89. The van der Waals surface area contributed by atoms with Gasteiger partial charge in [0.2, 0.25) is 5.91 Å². The molecule has 0 aliphatic carbocycles. The van der Waals surface area contributed by atoms with Gasteiger partial charge in [-0.2, -0.15) is 0 Å². The third-order valence-corrected chi connectivity index (χ3v) is 3.86. The van der Waals surface area contributed by atoms with Crippen molar-refractivity contribution in [3.8, 4) is 0 Å². The molecule has 0 radical (unpaired) electrons. The van der Waals surface area contributed by atoms with Crippen molar-refractivity contribution in [2.45, 2.75) is 33.2 Å². The fraction of sp³-hybridized carbons (Fsp3) is 0.588. The number of rotatable bonds is 8. The molecular formula is C17H28N2O2. The summed E-state index contributed by atoms with van der Waals surface area (Å²) < 4.78 is 5.10. The predicted molar refractivity (Wildman–Crippen MR) is 85.8 cm³/mol. The second-order valence-corrected chi connectivity index (χ2v) is 6.35. The molecule has 0 aliphatic heterocycles. The Morgan fingerprint density at radius 3 is 2.52 bits per heavy atom. The van der Waals surface area contributed by atoms with Crippen molar-refractivity contribution in [1.82, 2.24) is 5.32 Å². The summed E-state index contributed by atoms with van der Waals surface area (Å²) in [5, 5.41) is 3.01. The number of ether oxygens (including phenoxy) is 1. The SMILES string of the molecule is COCCC(C)(C)CNC(=O)C(C)C(N)c1ccccc1. The van der Waals surface area contributed by atoms with E-state index in [1.54, 1.807) is 7.11 Å². The van der Waals surface area contributed by atoms with Gasteiger partial charge in [-0.1, -0.05) is 51.1 Å². The average Bonchev–Trinajstić information content (AvgIpc) is 2.50. The van der Waals surface area contributed by atoms with Gasteiger partial charge in [0, 0.05) is 26.3 Å². The highest BCUT2D eigenvalue weighted by molar-refractivity contribution is 5.79. The summed E-state index contributed by atoms with van der Waals surface area (Å²) in [6, 6.07) is 9.45. The van der Waals surface area contributed by atoms with Crippen LogP contribution < -0.4 is 11.1 Å². The van der Waals surface area contributed by atoms with Crippen molar-refractivity contribution in [2.75, 3.05) is 20.3 Å². The molecule has 1 aromatic rings. The van der Waals surface area contributed by atoms with Crippen LogP contribution in [0.15, 0.2) is 30.3 Å². The molecule has 0 aliphatic rings. The van der Waals surface area contributed by atoms with Gasteiger partial charge in [0.05, 0.1) is 5.92 Å². The molecular weight excluding hydrogens is 264 g/mol. The first kappa shape index (κ1) is 17.7. The van der Waals surface area contributed by atoms with E-state index < -0.39 is 0 Å². The summed E-state index contributed by atoms with van der Waals surface area (Å²) in [7, 11) is 1.69. The molecule has 1 rings (SSSR count). The fourth-order valence-electron chi connectivity index (χ4n) is 2.08. The highest BCUT2D eigenvalue weighted by atomic mass is 16.5. The number of carbonyl (C=O) groups is 1. The molecule has 0 aromatic heterocycles. The first-order valence-electron chi connectivity index (χ1n) is 7.44. The van der Waals surface area contributed by atoms with E-state index in [1.165, 1.54) is 0 Å². The molecule has 1 amide bonds. The third kappa shape index (κ3) is 5.86. The van der Waals surface area contributed by atoms with Crippen LogP contribution in [0, 0.1) is 11.3 Å². The Morgan fingerprint density at radius 1 is 1.33 bits per heavy atom. The average molecular weight is 292 g/mol. The lowest BCUT2D eigenvalue weighted by Gasteiger charge is -2.26. The number of hydrogen-bond donors (Lipinski definition) is 2. The molecule has 2 atom stereocenters. The van der Waals surface area contributed by atoms with Crippen LogP contribution in [0.3, 0.4) is 0 Å². The molecule has 4 nitrogen and oxygen atoms in total. The third-order valence-electron chi connectivity index (χ3n) is 3.86. The van der Waals surface area contributed by atoms with Crippen molar-refractivity contribution < 1.29 is 9.53 Å². The number of nitrogens with two attached hydrogens (primary N) is 1. The highest BCUT2D eigenvalue weighted by Crippen LogP contribution is 2.21. The molecule has 118 valence electrons. The van der Waals surface area contributed by atoms with Gasteiger partial charge in [-0.15, -0.1) is 0 Å². The van der Waals surface area contributed by atoms with Crippen molar-refractivity contribution in [1.29, 1.82) is 0 Å². The highest BCUT2D eigenvalue weighted by Gasteiger charge is 2.24. The molecule has 4 heteroatoms. The molecule has 0 bridgehead atoms.